The number of aryl methyl sites for hydroxylation is 1. The van der Waals surface area contributed by atoms with Crippen LogP contribution < -0.4 is 10.4 Å². The van der Waals surface area contributed by atoms with Gasteiger partial charge in [-0.3, -0.25) is 15.2 Å². The Balaban J connectivity index is 1.78. The number of hydrazine groups is 1. The third-order valence-corrected chi connectivity index (χ3v) is 5.76. The van der Waals surface area contributed by atoms with Crippen molar-refractivity contribution in [2.24, 2.45) is 10.4 Å². The minimum atomic E-state index is -0.790. The van der Waals surface area contributed by atoms with Crippen molar-refractivity contribution in [2.45, 2.75) is 60.4 Å². The molecule has 0 fully saturated rings. The van der Waals surface area contributed by atoms with E-state index in [1.807, 2.05) is 52.2 Å². The van der Waals surface area contributed by atoms with E-state index in [1.54, 1.807) is 11.1 Å². The number of anilines is 1. The van der Waals surface area contributed by atoms with Gasteiger partial charge in [0.05, 0.1) is 11.8 Å². The Morgan fingerprint density at radius 1 is 1.14 bits per heavy atom. The van der Waals surface area contributed by atoms with Crippen molar-refractivity contribution in [3.8, 4) is 6.07 Å². The molecular weight excluding hydrogens is 438 g/mol. The van der Waals surface area contributed by atoms with E-state index in [9.17, 15) is 10.1 Å². The molecule has 2 aromatic rings. The monoisotopic (exact) mass is 473 g/mol. The van der Waals surface area contributed by atoms with Crippen molar-refractivity contribution >= 4 is 18.1 Å². The second kappa shape index (κ2) is 10.3. The number of carbonyl (C=O) groups is 1. The lowest BCUT2D eigenvalue weighted by Gasteiger charge is -2.34. The highest BCUT2D eigenvalue weighted by Crippen LogP contribution is 2.26. The molecule has 35 heavy (non-hydrogen) atoms. The highest BCUT2D eigenvalue weighted by atomic mass is 16.2. The standard InChI is InChI=1S/C27H35N7O/c1-19-12-13-33(18-29-19)16-21-8-10-22(11-9-21)27(6,7)25(35)32-34(17-26(3,4)5)24-14-20(2)30-23(15-28)31-24/h8-12,14,18H,13,16-17H2,1-7H3,(H,32,35). The molecule has 1 aliphatic rings. The molecule has 1 N–H and O–H groups in total. The number of aromatic nitrogens is 2. The molecule has 184 valence electrons. The van der Waals surface area contributed by atoms with Gasteiger partial charge in [0.2, 0.25) is 11.7 Å². The molecule has 8 nitrogen and oxygen atoms in total. The molecule has 1 amide bonds. The van der Waals surface area contributed by atoms with Crippen molar-refractivity contribution in [1.29, 1.82) is 5.26 Å². The van der Waals surface area contributed by atoms with Crippen molar-refractivity contribution in [3.05, 3.63) is 64.8 Å². The number of allylic oxidation sites excluding steroid dienone is 1. The molecule has 3 rings (SSSR count). The first-order valence-electron chi connectivity index (χ1n) is 11.8. The number of carbonyl (C=O) groups excluding carboxylic acids is 1. The summed E-state index contributed by atoms with van der Waals surface area (Å²) in [6.45, 7) is 16.0. The predicted octanol–water partition coefficient (Wildman–Crippen LogP) is 4.27. The van der Waals surface area contributed by atoms with Crippen LogP contribution >= 0.6 is 0 Å². The van der Waals surface area contributed by atoms with E-state index in [2.05, 4.69) is 64.3 Å². The maximum absolute atomic E-state index is 13.5. The quantitative estimate of drug-likeness (QED) is 0.603. The number of aliphatic imine (C=N–C) groups is 1. The Bertz CT molecular complexity index is 1170. The summed E-state index contributed by atoms with van der Waals surface area (Å²) >= 11 is 0. The van der Waals surface area contributed by atoms with Gasteiger partial charge in [-0.05, 0) is 50.3 Å². The van der Waals surface area contributed by atoms with E-state index in [4.69, 9.17) is 0 Å². The van der Waals surface area contributed by atoms with E-state index >= 15 is 0 Å². The number of nitrogens with zero attached hydrogens (tertiary/aromatic N) is 6. The Morgan fingerprint density at radius 3 is 2.40 bits per heavy atom. The highest BCUT2D eigenvalue weighted by molar-refractivity contribution is 5.88. The second-order valence-electron chi connectivity index (χ2n) is 10.7. The van der Waals surface area contributed by atoms with Crippen LogP contribution in [-0.4, -0.2) is 40.2 Å². The predicted molar refractivity (Wildman–Crippen MR) is 139 cm³/mol. The van der Waals surface area contributed by atoms with Crippen LogP contribution in [0, 0.1) is 23.7 Å². The topological polar surface area (TPSA) is 97.5 Å². The first-order chi connectivity index (χ1) is 16.4. The van der Waals surface area contributed by atoms with Gasteiger partial charge in [-0.15, -0.1) is 0 Å². The lowest BCUT2D eigenvalue weighted by molar-refractivity contribution is -0.125. The van der Waals surface area contributed by atoms with Crippen molar-refractivity contribution in [2.75, 3.05) is 18.1 Å². The molecule has 0 atom stereocenters. The van der Waals surface area contributed by atoms with Crippen LogP contribution in [0.4, 0.5) is 5.82 Å². The van der Waals surface area contributed by atoms with Crippen LogP contribution in [0.5, 0.6) is 0 Å². The smallest absolute Gasteiger partial charge is 0.248 e. The lowest BCUT2D eigenvalue weighted by Crippen LogP contribution is -2.52. The normalized spacial score (nSPS) is 13.8. The third-order valence-electron chi connectivity index (χ3n) is 5.76. The third kappa shape index (κ3) is 6.89. The summed E-state index contributed by atoms with van der Waals surface area (Å²) in [5, 5.41) is 11.0. The summed E-state index contributed by atoms with van der Waals surface area (Å²) < 4.78 is 0. The van der Waals surface area contributed by atoms with Crippen LogP contribution in [0.3, 0.4) is 0 Å². The van der Waals surface area contributed by atoms with Gasteiger partial charge in [-0.1, -0.05) is 45.0 Å². The van der Waals surface area contributed by atoms with Gasteiger partial charge in [0, 0.05) is 37.1 Å². The number of nitriles is 1. The van der Waals surface area contributed by atoms with Gasteiger partial charge >= 0.3 is 0 Å². The van der Waals surface area contributed by atoms with Gasteiger partial charge in [0.15, 0.2) is 5.82 Å². The average molecular weight is 474 g/mol. The number of hydrogen-bond acceptors (Lipinski definition) is 7. The molecule has 0 aliphatic carbocycles. The Labute approximate surface area is 208 Å². The van der Waals surface area contributed by atoms with Gasteiger partial charge in [-0.25, -0.2) is 9.98 Å². The maximum atomic E-state index is 13.5. The summed E-state index contributed by atoms with van der Waals surface area (Å²) in [4.78, 5) is 28.5. The average Bonchev–Trinajstić information content (AvgIpc) is 2.79. The summed E-state index contributed by atoms with van der Waals surface area (Å²) in [5.74, 6) is 0.413. The van der Waals surface area contributed by atoms with Crippen molar-refractivity contribution in [1.82, 2.24) is 20.3 Å². The summed E-state index contributed by atoms with van der Waals surface area (Å²) in [7, 11) is 0. The second-order valence-corrected chi connectivity index (χ2v) is 10.7. The molecule has 8 heteroatoms. The largest absolute Gasteiger partial charge is 0.354 e. The summed E-state index contributed by atoms with van der Waals surface area (Å²) in [5.41, 5.74) is 5.90. The first kappa shape index (κ1) is 25.9. The zero-order valence-corrected chi connectivity index (χ0v) is 21.8. The molecule has 1 aromatic heterocycles. The molecule has 1 aliphatic heterocycles. The van der Waals surface area contributed by atoms with Crippen LogP contribution in [0.15, 0.2) is 47.1 Å². The van der Waals surface area contributed by atoms with Gasteiger partial charge in [0.1, 0.15) is 6.07 Å². The number of amides is 1. The minimum absolute atomic E-state index is 0.0763. The van der Waals surface area contributed by atoms with Crippen LogP contribution in [0.25, 0.3) is 0 Å². The summed E-state index contributed by atoms with van der Waals surface area (Å²) in [6, 6.07) is 11.9. The van der Waals surface area contributed by atoms with E-state index in [0.29, 0.717) is 18.1 Å². The fourth-order valence-electron chi connectivity index (χ4n) is 3.67. The zero-order valence-electron chi connectivity index (χ0n) is 21.8. The van der Waals surface area contributed by atoms with Crippen molar-refractivity contribution in [3.63, 3.8) is 0 Å². The van der Waals surface area contributed by atoms with E-state index in [-0.39, 0.29) is 17.1 Å². The lowest BCUT2D eigenvalue weighted by atomic mass is 9.83. The number of hydrogen-bond donors (Lipinski definition) is 1. The zero-order chi connectivity index (χ0) is 25.8. The van der Waals surface area contributed by atoms with E-state index in [0.717, 1.165) is 29.9 Å². The minimum Gasteiger partial charge on any atom is -0.354 e. The van der Waals surface area contributed by atoms with Gasteiger partial charge in [0.25, 0.3) is 0 Å². The molecule has 0 radical (unpaired) electrons. The van der Waals surface area contributed by atoms with Gasteiger partial charge < -0.3 is 4.90 Å². The molecule has 0 bridgehead atoms. The molecule has 0 saturated carbocycles. The number of benzene rings is 1. The summed E-state index contributed by atoms with van der Waals surface area (Å²) in [6.07, 6.45) is 3.97. The van der Waals surface area contributed by atoms with Crippen LogP contribution in [0.1, 0.15) is 64.2 Å². The highest BCUT2D eigenvalue weighted by Gasteiger charge is 2.32. The fourth-order valence-corrected chi connectivity index (χ4v) is 3.67. The maximum Gasteiger partial charge on any atom is 0.248 e. The Hall–Kier alpha value is -3.73. The Morgan fingerprint density at radius 2 is 1.83 bits per heavy atom. The molecular formula is C27H35N7O. The Kier molecular flexibility index (Phi) is 7.59. The molecule has 0 unspecified atom stereocenters. The number of rotatable bonds is 7. The SMILES string of the molecule is CC1=CCN(Cc2ccc(C(C)(C)C(=O)NN(CC(C)(C)C)c3cc(C)nc(C#N)n3)cc2)C=N1. The fraction of sp³-hybridized carbons (Fsp3) is 0.444. The van der Waals surface area contributed by atoms with Gasteiger partial charge in [-0.2, -0.15) is 10.2 Å². The van der Waals surface area contributed by atoms with E-state index in [1.165, 1.54) is 0 Å². The molecule has 0 saturated heterocycles. The van der Waals surface area contributed by atoms with Crippen LogP contribution in [0.2, 0.25) is 0 Å². The molecule has 2 heterocycles. The van der Waals surface area contributed by atoms with E-state index < -0.39 is 5.41 Å². The first-order valence-corrected chi connectivity index (χ1v) is 11.8. The van der Waals surface area contributed by atoms with Crippen molar-refractivity contribution < 1.29 is 4.79 Å². The van der Waals surface area contributed by atoms with Crippen LogP contribution in [-0.2, 0) is 16.8 Å². The molecule has 0 spiro atoms. The molecule has 1 aromatic carbocycles. The number of nitrogens with one attached hydrogen (secondary N) is 1.